The molecule has 0 N–H and O–H groups in total. The van der Waals surface area contributed by atoms with E-state index in [1.165, 1.54) is 32.1 Å². The average Bonchev–Trinajstić information content (AvgIpc) is 2.35. The van der Waals surface area contributed by atoms with Gasteiger partial charge in [-0.25, -0.2) is 8.42 Å². The third-order valence-electron chi connectivity index (χ3n) is 4.67. The monoisotopic (exact) mass is 288 g/mol. The van der Waals surface area contributed by atoms with Crippen LogP contribution in [0.3, 0.4) is 0 Å². The Hall–Kier alpha value is -0.130. The van der Waals surface area contributed by atoms with Gasteiger partial charge in [0.25, 0.3) is 0 Å². The highest BCUT2D eigenvalue weighted by Crippen LogP contribution is 2.26. The Labute approximate surface area is 118 Å². The first-order valence-corrected chi connectivity index (χ1v) is 9.64. The van der Waals surface area contributed by atoms with Crippen LogP contribution in [-0.4, -0.2) is 68.0 Å². The van der Waals surface area contributed by atoms with E-state index in [2.05, 4.69) is 23.6 Å². The molecule has 2 heterocycles. The van der Waals surface area contributed by atoms with Gasteiger partial charge in [0.15, 0.2) is 0 Å². The van der Waals surface area contributed by atoms with Crippen LogP contribution in [0.2, 0.25) is 0 Å². The van der Waals surface area contributed by atoms with Gasteiger partial charge in [0.2, 0.25) is 0 Å². The van der Waals surface area contributed by atoms with Crippen molar-refractivity contribution in [1.82, 2.24) is 9.80 Å². The molecule has 0 aromatic rings. The molecule has 4 nitrogen and oxygen atoms in total. The van der Waals surface area contributed by atoms with Gasteiger partial charge in [-0.05, 0) is 32.7 Å². The van der Waals surface area contributed by atoms with E-state index in [0.717, 1.165) is 19.5 Å². The van der Waals surface area contributed by atoms with E-state index in [9.17, 15) is 8.42 Å². The Morgan fingerprint density at radius 1 is 1.26 bits per heavy atom. The first-order valence-electron chi connectivity index (χ1n) is 7.58. The van der Waals surface area contributed by atoms with Crippen LogP contribution in [0.4, 0.5) is 0 Å². The van der Waals surface area contributed by atoms with E-state index in [4.69, 9.17) is 0 Å². The van der Waals surface area contributed by atoms with Gasteiger partial charge in [-0.3, -0.25) is 9.80 Å². The van der Waals surface area contributed by atoms with E-state index in [1.54, 1.807) is 0 Å². The van der Waals surface area contributed by atoms with Crippen LogP contribution in [-0.2, 0) is 9.84 Å². The highest BCUT2D eigenvalue weighted by atomic mass is 32.2. The maximum Gasteiger partial charge on any atom is 0.148 e. The summed E-state index contributed by atoms with van der Waals surface area (Å²) in [6, 6.07) is 1.31. The Morgan fingerprint density at radius 3 is 2.63 bits per heavy atom. The fourth-order valence-corrected chi connectivity index (χ4v) is 4.78. The van der Waals surface area contributed by atoms with E-state index in [1.807, 2.05) is 0 Å². The Morgan fingerprint density at radius 2 is 2.00 bits per heavy atom. The van der Waals surface area contributed by atoms with Crippen LogP contribution in [0, 0.1) is 0 Å². The molecular formula is C14H28N2O2S. The molecule has 3 atom stereocenters. The van der Waals surface area contributed by atoms with Crippen molar-refractivity contribution in [2.45, 2.75) is 57.7 Å². The molecule has 112 valence electrons. The van der Waals surface area contributed by atoms with Crippen LogP contribution in [0.1, 0.15) is 39.5 Å². The zero-order valence-corrected chi connectivity index (χ0v) is 13.3. The normalized spacial score (nSPS) is 31.9. The Bertz CT molecular complexity index is 396. The summed E-state index contributed by atoms with van der Waals surface area (Å²) in [7, 11) is -2.89. The van der Waals surface area contributed by atoms with Crippen molar-refractivity contribution in [3.8, 4) is 0 Å². The van der Waals surface area contributed by atoms with Gasteiger partial charge in [0.05, 0.1) is 5.75 Å². The molecule has 0 aromatic heterocycles. The van der Waals surface area contributed by atoms with E-state index < -0.39 is 9.84 Å². The SMILES string of the molecule is CCC1CN2CCCCC2CN1C(C)CS(C)(=O)=O. The van der Waals surface area contributed by atoms with Crippen molar-refractivity contribution in [3.05, 3.63) is 0 Å². The molecule has 0 aliphatic carbocycles. The van der Waals surface area contributed by atoms with E-state index in [-0.39, 0.29) is 11.8 Å². The van der Waals surface area contributed by atoms with E-state index in [0.29, 0.717) is 12.1 Å². The molecule has 0 bridgehead atoms. The van der Waals surface area contributed by atoms with Gasteiger partial charge in [-0.1, -0.05) is 13.3 Å². The van der Waals surface area contributed by atoms with Crippen molar-refractivity contribution in [3.63, 3.8) is 0 Å². The fraction of sp³-hybridized carbons (Fsp3) is 1.00. The van der Waals surface area contributed by atoms with Crippen LogP contribution in [0.15, 0.2) is 0 Å². The van der Waals surface area contributed by atoms with E-state index >= 15 is 0 Å². The Kier molecular flexibility index (Phi) is 4.90. The lowest BCUT2D eigenvalue weighted by molar-refractivity contribution is -0.00732. The topological polar surface area (TPSA) is 40.6 Å². The lowest BCUT2D eigenvalue weighted by Crippen LogP contribution is -2.62. The minimum absolute atomic E-state index is 0.143. The van der Waals surface area contributed by atoms with Crippen LogP contribution in [0.25, 0.3) is 0 Å². The van der Waals surface area contributed by atoms with Gasteiger partial charge >= 0.3 is 0 Å². The predicted molar refractivity (Wildman–Crippen MR) is 79.2 cm³/mol. The lowest BCUT2D eigenvalue weighted by Gasteiger charge is -2.50. The maximum absolute atomic E-state index is 11.5. The highest BCUT2D eigenvalue weighted by molar-refractivity contribution is 7.90. The third-order valence-corrected chi connectivity index (χ3v) is 5.75. The van der Waals surface area contributed by atoms with Crippen molar-refractivity contribution in [2.75, 3.05) is 31.6 Å². The summed E-state index contributed by atoms with van der Waals surface area (Å²) < 4.78 is 23.0. The minimum Gasteiger partial charge on any atom is -0.298 e. The smallest absolute Gasteiger partial charge is 0.148 e. The molecule has 2 fully saturated rings. The summed E-state index contributed by atoms with van der Waals surface area (Å²) in [6.07, 6.45) is 6.38. The summed E-state index contributed by atoms with van der Waals surface area (Å²) in [5.74, 6) is 0.288. The molecule has 0 spiro atoms. The van der Waals surface area contributed by atoms with Crippen LogP contribution in [0.5, 0.6) is 0 Å². The standard InChI is InChI=1S/C14H28N2O2S/c1-4-13-9-15-8-6-5-7-14(15)10-16(13)12(2)11-19(3,17)18/h12-14H,4-11H2,1-3H3. The first kappa shape index (κ1) is 15.3. The van der Waals surface area contributed by atoms with Gasteiger partial charge < -0.3 is 0 Å². The summed E-state index contributed by atoms with van der Waals surface area (Å²) in [6.45, 7) is 7.69. The molecule has 0 aromatic carbocycles. The lowest BCUT2D eigenvalue weighted by atomic mass is 9.95. The van der Waals surface area contributed by atoms with Crippen LogP contribution >= 0.6 is 0 Å². The maximum atomic E-state index is 11.5. The second kappa shape index (κ2) is 6.10. The predicted octanol–water partition coefficient (Wildman–Crippen LogP) is 1.37. The first-order chi connectivity index (χ1) is 8.90. The molecule has 0 saturated carbocycles. The van der Waals surface area contributed by atoms with Crippen molar-refractivity contribution < 1.29 is 8.42 Å². The van der Waals surface area contributed by atoms with Crippen molar-refractivity contribution in [2.24, 2.45) is 0 Å². The van der Waals surface area contributed by atoms with Gasteiger partial charge in [0, 0.05) is 37.5 Å². The summed E-state index contributed by atoms with van der Waals surface area (Å²) in [5.41, 5.74) is 0. The van der Waals surface area contributed by atoms with Gasteiger partial charge in [-0.15, -0.1) is 0 Å². The number of piperazine rings is 1. The zero-order chi connectivity index (χ0) is 14.0. The second-order valence-electron chi connectivity index (χ2n) is 6.34. The summed E-state index contributed by atoms with van der Waals surface area (Å²) >= 11 is 0. The number of fused-ring (bicyclic) bond motifs is 1. The largest absolute Gasteiger partial charge is 0.298 e. The summed E-state index contributed by atoms with van der Waals surface area (Å²) in [5, 5.41) is 0. The molecule has 19 heavy (non-hydrogen) atoms. The number of hydrogen-bond donors (Lipinski definition) is 0. The molecule has 3 unspecified atom stereocenters. The van der Waals surface area contributed by atoms with Crippen molar-refractivity contribution >= 4 is 9.84 Å². The molecule has 0 amide bonds. The molecule has 5 heteroatoms. The van der Waals surface area contributed by atoms with Gasteiger partial charge in [-0.2, -0.15) is 0 Å². The molecule has 2 rings (SSSR count). The highest BCUT2D eigenvalue weighted by Gasteiger charge is 2.36. The zero-order valence-electron chi connectivity index (χ0n) is 12.5. The quantitative estimate of drug-likeness (QED) is 0.783. The summed E-state index contributed by atoms with van der Waals surface area (Å²) in [4.78, 5) is 5.08. The third kappa shape index (κ3) is 3.92. The van der Waals surface area contributed by atoms with Gasteiger partial charge in [0.1, 0.15) is 9.84 Å². The molecular weight excluding hydrogens is 260 g/mol. The van der Waals surface area contributed by atoms with Crippen LogP contribution < -0.4 is 0 Å². The number of hydrogen-bond acceptors (Lipinski definition) is 4. The number of piperidine rings is 1. The second-order valence-corrected chi connectivity index (χ2v) is 8.53. The fourth-order valence-electron chi connectivity index (χ4n) is 3.71. The van der Waals surface area contributed by atoms with Crippen molar-refractivity contribution in [1.29, 1.82) is 0 Å². The number of rotatable bonds is 4. The molecule has 2 saturated heterocycles. The average molecular weight is 288 g/mol. The molecule has 0 radical (unpaired) electrons. The number of sulfone groups is 1. The Balaban J connectivity index is 2.05. The molecule has 2 aliphatic rings. The minimum atomic E-state index is -2.89. The molecule has 2 aliphatic heterocycles. The number of nitrogens with zero attached hydrogens (tertiary/aromatic N) is 2.